The number of thiazole rings is 1. The van der Waals surface area contributed by atoms with Gasteiger partial charge in [0.25, 0.3) is 5.69 Å². The summed E-state index contributed by atoms with van der Waals surface area (Å²) < 4.78 is 0.828. The smallest absolute Gasteiger partial charge is 0.258 e. The lowest BCUT2D eigenvalue weighted by Gasteiger charge is -2.04. The van der Waals surface area contributed by atoms with Gasteiger partial charge in [0, 0.05) is 12.1 Å². The number of nitro groups is 1. The van der Waals surface area contributed by atoms with Crippen molar-refractivity contribution in [1.29, 1.82) is 0 Å². The summed E-state index contributed by atoms with van der Waals surface area (Å²) in [4.78, 5) is 14.9. The van der Waals surface area contributed by atoms with Crippen molar-refractivity contribution >= 4 is 39.4 Å². The van der Waals surface area contributed by atoms with E-state index in [4.69, 9.17) is 0 Å². The molecule has 0 bridgehead atoms. The van der Waals surface area contributed by atoms with Crippen LogP contribution in [0.4, 0.5) is 5.69 Å². The van der Waals surface area contributed by atoms with Gasteiger partial charge >= 0.3 is 0 Å². The number of aromatic nitrogens is 1. The van der Waals surface area contributed by atoms with E-state index >= 15 is 0 Å². The molecule has 3 rings (SSSR count). The second-order valence-electron chi connectivity index (χ2n) is 5.62. The third kappa shape index (κ3) is 3.46. The van der Waals surface area contributed by atoms with Crippen LogP contribution in [0.3, 0.4) is 0 Å². The van der Waals surface area contributed by atoms with Crippen molar-refractivity contribution in [3.8, 4) is 0 Å². The van der Waals surface area contributed by atoms with Crippen LogP contribution in [0.15, 0.2) is 42.5 Å². The van der Waals surface area contributed by atoms with Gasteiger partial charge in [0.1, 0.15) is 5.01 Å². The molecule has 116 valence electrons. The Kier molecular flexibility index (Phi) is 4.21. The third-order valence-corrected chi connectivity index (χ3v) is 4.60. The quantitative estimate of drug-likeness (QED) is 0.470. The van der Waals surface area contributed by atoms with Gasteiger partial charge in [0.15, 0.2) is 0 Å². The molecule has 0 spiro atoms. The molecule has 2 aromatic carbocycles. The third-order valence-electron chi connectivity index (χ3n) is 3.62. The first-order valence-electron chi connectivity index (χ1n) is 7.36. The molecule has 0 N–H and O–H groups in total. The summed E-state index contributed by atoms with van der Waals surface area (Å²) in [6.45, 7) is 4.34. The minimum Gasteiger partial charge on any atom is -0.258 e. The van der Waals surface area contributed by atoms with E-state index in [1.165, 1.54) is 23.0 Å². The minimum absolute atomic E-state index is 0.0981. The molecule has 0 aliphatic heterocycles. The highest BCUT2D eigenvalue weighted by Gasteiger charge is 2.09. The van der Waals surface area contributed by atoms with E-state index in [1.807, 2.05) is 12.2 Å². The maximum absolute atomic E-state index is 10.8. The first kappa shape index (κ1) is 15.4. The lowest BCUT2D eigenvalue weighted by Crippen LogP contribution is -1.86. The van der Waals surface area contributed by atoms with Gasteiger partial charge in [0.05, 0.1) is 15.1 Å². The van der Waals surface area contributed by atoms with E-state index in [9.17, 15) is 10.1 Å². The second-order valence-corrected chi connectivity index (χ2v) is 6.68. The zero-order valence-electron chi connectivity index (χ0n) is 12.9. The zero-order chi connectivity index (χ0) is 16.4. The highest BCUT2D eigenvalue weighted by atomic mass is 32.1. The van der Waals surface area contributed by atoms with Crippen LogP contribution in [-0.2, 0) is 0 Å². The van der Waals surface area contributed by atoms with Crippen LogP contribution in [-0.4, -0.2) is 9.91 Å². The number of non-ortho nitro benzene ring substituents is 1. The van der Waals surface area contributed by atoms with Crippen molar-refractivity contribution in [3.05, 3.63) is 68.7 Å². The van der Waals surface area contributed by atoms with Crippen LogP contribution in [0.5, 0.6) is 0 Å². The molecule has 0 saturated carbocycles. The summed E-state index contributed by atoms with van der Waals surface area (Å²) >= 11 is 1.45. The fraction of sp³-hybridized carbons (Fsp3) is 0.167. The highest BCUT2D eigenvalue weighted by Crippen LogP contribution is 2.27. The lowest BCUT2D eigenvalue weighted by atomic mass is 10.0. The van der Waals surface area contributed by atoms with Crippen LogP contribution < -0.4 is 0 Å². The average Bonchev–Trinajstić information content (AvgIpc) is 2.95. The Morgan fingerprint density at radius 2 is 1.87 bits per heavy atom. The topological polar surface area (TPSA) is 56.0 Å². The van der Waals surface area contributed by atoms with E-state index in [-0.39, 0.29) is 10.6 Å². The summed E-state index contributed by atoms with van der Waals surface area (Å²) in [6, 6.07) is 13.2. The molecular weight excluding hydrogens is 308 g/mol. The Hall–Kier alpha value is -2.53. The second kappa shape index (κ2) is 6.30. The van der Waals surface area contributed by atoms with Crippen LogP contribution in [0.25, 0.3) is 22.4 Å². The summed E-state index contributed by atoms with van der Waals surface area (Å²) in [5.41, 5.74) is 3.31. The average molecular weight is 324 g/mol. The fourth-order valence-corrected chi connectivity index (χ4v) is 3.18. The van der Waals surface area contributed by atoms with Gasteiger partial charge in [-0.25, -0.2) is 4.98 Å². The Balaban J connectivity index is 1.84. The summed E-state index contributed by atoms with van der Waals surface area (Å²) in [7, 11) is 0. The molecule has 1 heterocycles. The summed E-state index contributed by atoms with van der Waals surface area (Å²) in [6.07, 6.45) is 3.96. The SMILES string of the molecule is CC(C)c1ccc(C=Cc2nc3ccc([N+](=O)[O-])cc3s2)cc1. The van der Waals surface area contributed by atoms with Gasteiger partial charge < -0.3 is 0 Å². The Labute approximate surface area is 138 Å². The molecule has 0 aliphatic rings. The molecule has 0 radical (unpaired) electrons. The van der Waals surface area contributed by atoms with E-state index < -0.39 is 0 Å². The van der Waals surface area contributed by atoms with Crippen LogP contribution in [0.2, 0.25) is 0 Å². The molecule has 5 heteroatoms. The van der Waals surface area contributed by atoms with Gasteiger partial charge in [-0.15, -0.1) is 11.3 Å². The van der Waals surface area contributed by atoms with Crippen molar-refractivity contribution in [2.24, 2.45) is 0 Å². The molecular formula is C18H16N2O2S. The van der Waals surface area contributed by atoms with E-state index in [0.717, 1.165) is 20.8 Å². The zero-order valence-corrected chi connectivity index (χ0v) is 13.7. The number of nitro benzene ring substituents is 1. The number of rotatable bonds is 4. The Morgan fingerprint density at radius 1 is 1.13 bits per heavy atom. The van der Waals surface area contributed by atoms with E-state index in [0.29, 0.717) is 5.92 Å². The van der Waals surface area contributed by atoms with Gasteiger partial charge in [-0.1, -0.05) is 44.2 Å². The van der Waals surface area contributed by atoms with E-state index in [1.54, 1.807) is 12.1 Å². The maximum Gasteiger partial charge on any atom is 0.270 e. The highest BCUT2D eigenvalue weighted by molar-refractivity contribution is 7.19. The molecule has 0 fully saturated rings. The number of hydrogen-bond acceptors (Lipinski definition) is 4. The van der Waals surface area contributed by atoms with E-state index in [2.05, 4.69) is 43.1 Å². The first-order valence-corrected chi connectivity index (χ1v) is 8.17. The van der Waals surface area contributed by atoms with Gasteiger partial charge in [-0.05, 0) is 29.2 Å². The predicted molar refractivity (Wildman–Crippen MR) is 95.7 cm³/mol. The van der Waals surface area contributed by atoms with Gasteiger partial charge in [-0.2, -0.15) is 0 Å². The molecule has 0 saturated heterocycles. The van der Waals surface area contributed by atoms with Crippen molar-refractivity contribution < 1.29 is 4.92 Å². The van der Waals surface area contributed by atoms with Crippen LogP contribution >= 0.6 is 11.3 Å². The fourth-order valence-electron chi connectivity index (χ4n) is 2.28. The molecule has 0 amide bonds. The van der Waals surface area contributed by atoms with Crippen molar-refractivity contribution in [2.75, 3.05) is 0 Å². The summed E-state index contributed by atoms with van der Waals surface area (Å²) in [5.74, 6) is 0.521. The monoisotopic (exact) mass is 324 g/mol. The molecule has 3 aromatic rings. The van der Waals surface area contributed by atoms with Crippen LogP contribution in [0, 0.1) is 10.1 Å². The largest absolute Gasteiger partial charge is 0.270 e. The van der Waals surface area contributed by atoms with Crippen molar-refractivity contribution in [1.82, 2.24) is 4.98 Å². The molecule has 0 atom stereocenters. The first-order chi connectivity index (χ1) is 11.0. The molecule has 23 heavy (non-hydrogen) atoms. The normalized spacial score (nSPS) is 11.6. The number of nitrogens with zero attached hydrogens (tertiary/aromatic N) is 2. The standard InChI is InChI=1S/C18H16N2O2S/c1-12(2)14-6-3-13(4-7-14)5-10-18-19-16-9-8-15(20(21)22)11-17(16)23-18/h3-12H,1-2H3. The number of benzene rings is 2. The minimum atomic E-state index is -0.384. The van der Waals surface area contributed by atoms with Crippen molar-refractivity contribution in [3.63, 3.8) is 0 Å². The molecule has 0 unspecified atom stereocenters. The maximum atomic E-state index is 10.8. The summed E-state index contributed by atoms with van der Waals surface area (Å²) in [5, 5.41) is 11.7. The van der Waals surface area contributed by atoms with Gasteiger partial charge in [-0.3, -0.25) is 10.1 Å². The lowest BCUT2D eigenvalue weighted by molar-refractivity contribution is -0.384. The number of fused-ring (bicyclic) bond motifs is 1. The van der Waals surface area contributed by atoms with Crippen molar-refractivity contribution in [2.45, 2.75) is 19.8 Å². The predicted octanol–water partition coefficient (Wildman–Crippen LogP) is 5.50. The molecule has 1 aromatic heterocycles. The van der Waals surface area contributed by atoms with Crippen LogP contribution in [0.1, 0.15) is 35.9 Å². The Bertz CT molecular complexity index is 880. The van der Waals surface area contributed by atoms with Gasteiger partial charge in [0.2, 0.25) is 0 Å². The number of hydrogen-bond donors (Lipinski definition) is 0. The Morgan fingerprint density at radius 3 is 2.52 bits per heavy atom. The molecule has 0 aliphatic carbocycles. The molecule has 4 nitrogen and oxygen atoms in total.